The molecule has 0 heterocycles. The van der Waals surface area contributed by atoms with Crippen molar-refractivity contribution in [2.45, 2.75) is 6.42 Å². The van der Waals surface area contributed by atoms with Crippen molar-refractivity contribution in [1.82, 2.24) is 5.32 Å². The Labute approximate surface area is 110 Å². The maximum absolute atomic E-state index is 11.4. The minimum absolute atomic E-state index is 0.175. The van der Waals surface area contributed by atoms with Crippen LogP contribution in [0.15, 0.2) is 35.5 Å². The number of hydrogen-bond acceptors (Lipinski definition) is 2. The third kappa shape index (κ3) is 5.94. The minimum atomic E-state index is -0.175. The van der Waals surface area contributed by atoms with Gasteiger partial charge in [0.2, 0.25) is 5.91 Å². The van der Waals surface area contributed by atoms with E-state index in [-0.39, 0.29) is 5.91 Å². The average molecular weight is 265 g/mol. The topological polar surface area (TPSA) is 77.9 Å². The summed E-state index contributed by atoms with van der Waals surface area (Å²) in [7, 11) is 0. The fourth-order valence-corrected chi connectivity index (χ4v) is 1.34. The summed E-state index contributed by atoms with van der Waals surface area (Å²) in [5, 5.41) is 6.72. The molecule has 0 aliphatic rings. The maximum Gasteiger partial charge on any atom is 0.243 e. The quantitative estimate of drug-likeness (QED) is 0.277. The highest BCUT2D eigenvalue weighted by atomic mass is 35.5. The highest BCUT2D eigenvalue weighted by Crippen LogP contribution is 2.10. The number of nitrogens with one attached hydrogen (secondary N) is 1. The Bertz CT molecular complexity index is 463. The van der Waals surface area contributed by atoms with Crippen LogP contribution in [-0.2, 0) is 4.79 Å². The van der Waals surface area contributed by atoms with Gasteiger partial charge in [0.25, 0.3) is 0 Å². The predicted molar refractivity (Wildman–Crippen MR) is 72.1 cm³/mol. The molecule has 0 radical (unpaired) electrons. The summed E-state index contributed by atoms with van der Waals surface area (Å²) in [6.45, 7) is 0.875. The van der Waals surface area contributed by atoms with Gasteiger partial charge in [-0.15, -0.1) is 0 Å². The van der Waals surface area contributed by atoms with E-state index in [1.165, 1.54) is 6.08 Å². The second-order valence-corrected chi connectivity index (χ2v) is 3.92. The highest BCUT2D eigenvalue weighted by molar-refractivity contribution is 6.30. The van der Waals surface area contributed by atoms with E-state index in [0.717, 1.165) is 5.56 Å². The molecular weight excluding hydrogens is 252 g/mol. The molecule has 0 saturated carbocycles. The standard InChI is InChI=1S/C12H13ClN4O/c13-11-5-2-10(3-6-11)4-7-12(18)15-8-1-9-16-17-14/h2-7H,1,8-9H2,(H,15,18)/b7-4+. The van der Waals surface area contributed by atoms with Gasteiger partial charge in [-0.05, 0) is 35.7 Å². The highest BCUT2D eigenvalue weighted by Gasteiger charge is 1.94. The van der Waals surface area contributed by atoms with E-state index in [0.29, 0.717) is 24.5 Å². The van der Waals surface area contributed by atoms with Crippen molar-refractivity contribution < 1.29 is 4.79 Å². The molecule has 0 bridgehead atoms. The number of rotatable bonds is 6. The summed E-state index contributed by atoms with van der Waals surface area (Å²) in [5.41, 5.74) is 8.96. The van der Waals surface area contributed by atoms with Crippen molar-refractivity contribution in [1.29, 1.82) is 0 Å². The van der Waals surface area contributed by atoms with Crippen LogP contribution in [0, 0.1) is 0 Å². The number of benzene rings is 1. The van der Waals surface area contributed by atoms with Crippen molar-refractivity contribution in [3.05, 3.63) is 51.4 Å². The van der Waals surface area contributed by atoms with E-state index in [1.807, 2.05) is 12.1 Å². The first-order valence-corrected chi connectivity index (χ1v) is 5.82. The fourth-order valence-electron chi connectivity index (χ4n) is 1.21. The average Bonchev–Trinajstić information content (AvgIpc) is 2.38. The third-order valence-electron chi connectivity index (χ3n) is 2.09. The fraction of sp³-hybridized carbons (Fsp3) is 0.250. The van der Waals surface area contributed by atoms with Crippen LogP contribution in [0.4, 0.5) is 0 Å². The number of carbonyl (C=O) groups is 1. The summed E-state index contributed by atoms with van der Waals surface area (Å²) in [5.74, 6) is -0.175. The molecule has 6 heteroatoms. The van der Waals surface area contributed by atoms with E-state index < -0.39 is 0 Å². The van der Waals surface area contributed by atoms with E-state index in [1.54, 1.807) is 18.2 Å². The Morgan fingerprint density at radius 2 is 2.17 bits per heavy atom. The molecule has 94 valence electrons. The van der Waals surface area contributed by atoms with Gasteiger partial charge >= 0.3 is 0 Å². The molecular formula is C12H13ClN4O. The van der Waals surface area contributed by atoms with E-state index in [2.05, 4.69) is 15.3 Å². The van der Waals surface area contributed by atoms with Gasteiger partial charge in [-0.1, -0.05) is 28.8 Å². The summed E-state index contributed by atoms with van der Waals surface area (Å²) >= 11 is 5.75. The van der Waals surface area contributed by atoms with Gasteiger partial charge in [-0.3, -0.25) is 4.79 Å². The van der Waals surface area contributed by atoms with E-state index in [4.69, 9.17) is 17.1 Å². The molecule has 0 fully saturated rings. The summed E-state index contributed by atoms with van der Waals surface area (Å²) in [6, 6.07) is 7.18. The van der Waals surface area contributed by atoms with Gasteiger partial charge in [-0.2, -0.15) is 0 Å². The number of halogens is 1. The van der Waals surface area contributed by atoms with Crippen molar-refractivity contribution in [3.63, 3.8) is 0 Å². The normalized spacial score (nSPS) is 10.1. The molecule has 5 nitrogen and oxygen atoms in total. The van der Waals surface area contributed by atoms with Gasteiger partial charge in [-0.25, -0.2) is 0 Å². The first-order chi connectivity index (χ1) is 8.72. The molecule has 0 unspecified atom stereocenters. The Morgan fingerprint density at radius 1 is 1.44 bits per heavy atom. The molecule has 0 aliphatic carbocycles. The second kappa shape index (κ2) is 8.17. The Balaban J connectivity index is 2.31. The number of carbonyl (C=O) groups excluding carboxylic acids is 1. The molecule has 0 aromatic heterocycles. The molecule has 1 aromatic rings. The van der Waals surface area contributed by atoms with Crippen LogP contribution in [0.25, 0.3) is 16.5 Å². The van der Waals surface area contributed by atoms with Crippen LogP contribution in [0.2, 0.25) is 5.02 Å². The molecule has 0 saturated heterocycles. The van der Waals surface area contributed by atoms with Gasteiger partial charge in [0.05, 0.1) is 0 Å². The van der Waals surface area contributed by atoms with Crippen LogP contribution < -0.4 is 5.32 Å². The maximum atomic E-state index is 11.4. The summed E-state index contributed by atoms with van der Waals surface area (Å²) in [4.78, 5) is 14.0. The van der Waals surface area contributed by atoms with Gasteiger partial charge in [0, 0.05) is 29.1 Å². The first-order valence-electron chi connectivity index (χ1n) is 5.44. The van der Waals surface area contributed by atoms with Crippen LogP contribution in [0.5, 0.6) is 0 Å². The molecule has 0 spiro atoms. The number of hydrogen-bond donors (Lipinski definition) is 1. The van der Waals surface area contributed by atoms with Crippen molar-refractivity contribution in [2.24, 2.45) is 5.11 Å². The lowest BCUT2D eigenvalue weighted by atomic mass is 10.2. The molecule has 1 amide bonds. The lowest BCUT2D eigenvalue weighted by Gasteiger charge is -1.99. The first kappa shape index (κ1) is 14.1. The van der Waals surface area contributed by atoms with Crippen molar-refractivity contribution >= 4 is 23.6 Å². The smallest absolute Gasteiger partial charge is 0.243 e. The summed E-state index contributed by atoms with van der Waals surface area (Å²) < 4.78 is 0. The SMILES string of the molecule is [N-]=[N+]=NCCCNC(=O)/C=C/c1ccc(Cl)cc1. The molecule has 18 heavy (non-hydrogen) atoms. The van der Waals surface area contributed by atoms with Crippen molar-refractivity contribution in [3.8, 4) is 0 Å². The largest absolute Gasteiger partial charge is 0.353 e. The zero-order valence-electron chi connectivity index (χ0n) is 9.71. The van der Waals surface area contributed by atoms with E-state index >= 15 is 0 Å². The van der Waals surface area contributed by atoms with Crippen LogP contribution in [0.1, 0.15) is 12.0 Å². The zero-order valence-corrected chi connectivity index (χ0v) is 10.5. The van der Waals surface area contributed by atoms with Crippen LogP contribution in [-0.4, -0.2) is 19.0 Å². The van der Waals surface area contributed by atoms with Crippen LogP contribution in [0.3, 0.4) is 0 Å². The Morgan fingerprint density at radius 3 is 2.83 bits per heavy atom. The van der Waals surface area contributed by atoms with Crippen molar-refractivity contribution in [2.75, 3.05) is 13.1 Å². The van der Waals surface area contributed by atoms with Gasteiger partial charge in [0.1, 0.15) is 0 Å². The zero-order chi connectivity index (χ0) is 13.2. The molecule has 1 aromatic carbocycles. The Hall–Kier alpha value is -1.97. The van der Waals surface area contributed by atoms with Gasteiger partial charge < -0.3 is 5.32 Å². The van der Waals surface area contributed by atoms with E-state index in [9.17, 15) is 4.79 Å². The molecule has 1 N–H and O–H groups in total. The number of azide groups is 1. The Kier molecular flexibility index (Phi) is 6.40. The molecule has 0 aliphatic heterocycles. The molecule has 0 atom stereocenters. The minimum Gasteiger partial charge on any atom is -0.353 e. The van der Waals surface area contributed by atoms with Gasteiger partial charge in [0.15, 0.2) is 0 Å². The lowest BCUT2D eigenvalue weighted by molar-refractivity contribution is -0.116. The summed E-state index contributed by atoms with van der Waals surface area (Å²) in [6.07, 6.45) is 3.79. The predicted octanol–water partition coefficient (Wildman–Crippen LogP) is 3.17. The lowest BCUT2D eigenvalue weighted by Crippen LogP contribution is -2.22. The number of nitrogens with zero attached hydrogens (tertiary/aromatic N) is 3. The third-order valence-corrected chi connectivity index (χ3v) is 2.35. The second-order valence-electron chi connectivity index (χ2n) is 3.48. The molecule has 1 rings (SSSR count). The number of amides is 1. The van der Waals surface area contributed by atoms with Crippen LogP contribution >= 0.6 is 11.6 Å². The monoisotopic (exact) mass is 264 g/mol.